The van der Waals surface area contributed by atoms with Crippen molar-refractivity contribution in [2.24, 2.45) is 11.8 Å². The van der Waals surface area contributed by atoms with E-state index in [1.54, 1.807) is 0 Å². The van der Waals surface area contributed by atoms with E-state index in [0.29, 0.717) is 11.8 Å². The predicted molar refractivity (Wildman–Crippen MR) is 37.1 cm³/mol. The van der Waals surface area contributed by atoms with Crippen molar-refractivity contribution in [3.63, 3.8) is 0 Å². The smallest absolute Gasteiger partial charge is 0.0200 e. The fourth-order valence-electron chi connectivity index (χ4n) is 0.370. The summed E-state index contributed by atoms with van der Waals surface area (Å²) in [4.78, 5) is 0. The van der Waals surface area contributed by atoms with Gasteiger partial charge in [0.2, 0.25) is 0 Å². The number of rotatable bonds is 1. The summed E-state index contributed by atoms with van der Waals surface area (Å²) < 4.78 is 0. The Labute approximate surface area is 52.3 Å². The lowest BCUT2D eigenvalue weighted by atomic mass is 9.99. The van der Waals surface area contributed by atoms with Crippen LogP contribution in [0.25, 0.3) is 0 Å². The summed E-state index contributed by atoms with van der Waals surface area (Å²) in [6.45, 7) is 9.88. The first-order valence-electron chi connectivity index (χ1n) is 2.93. The molecule has 0 bridgehead atoms. The first-order valence-corrected chi connectivity index (χ1v) is 2.93. The van der Waals surface area contributed by atoms with Gasteiger partial charge in [-0.15, -0.1) is 11.8 Å². The first-order chi connectivity index (χ1) is 3.68. The minimum absolute atomic E-state index is 0.444. The summed E-state index contributed by atoms with van der Waals surface area (Å²) >= 11 is 0. The Kier molecular flexibility index (Phi) is 3.35. The Hall–Kier alpha value is -0.440. The third kappa shape index (κ3) is 2.69. The van der Waals surface area contributed by atoms with Gasteiger partial charge in [-0.3, -0.25) is 0 Å². The van der Waals surface area contributed by atoms with E-state index in [9.17, 15) is 0 Å². The van der Waals surface area contributed by atoms with Gasteiger partial charge in [0.15, 0.2) is 0 Å². The monoisotopic (exact) mass is 109 g/mol. The molecule has 0 aliphatic rings. The molecule has 1 radical (unpaired) electrons. The third-order valence-electron chi connectivity index (χ3n) is 1.23. The minimum atomic E-state index is 0.444. The molecule has 0 nitrogen and oxygen atoms in total. The molecule has 45 valence electrons. The average molecular weight is 109 g/mol. The normalized spacial score (nSPS) is 12.6. The zero-order valence-electron chi connectivity index (χ0n) is 5.86. The highest BCUT2D eigenvalue weighted by atomic mass is 14.0. The van der Waals surface area contributed by atoms with Crippen molar-refractivity contribution in [1.82, 2.24) is 0 Å². The second-order valence-electron chi connectivity index (χ2n) is 2.16. The molecule has 0 heterocycles. The quantitative estimate of drug-likeness (QED) is 0.452. The summed E-state index contributed by atoms with van der Waals surface area (Å²) in [5.41, 5.74) is 0. The lowest BCUT2D eigenvalue weighted by Gasteiger charge is -2.05. The van der Waals surface area contributed by atoms with Crippen LogP contribution in [0, 0.1) is 30.6 Å². The molecule has 0 aromatic rings. The maximum Gasteiger partial charge on any atom is 0.0200 e. The van der Waals surface area contributed by atoms with Gasteiger partial charge in [0.1, 0.15) is 0 Å². The van der Waals surface area contributed by atoms with Gasteiger partial charge >= 0.3 is 0 Å². The lowest BCUT2D eigenvalue weighted by molar-refractivity contribution is 0.572. The Morgan fingerprint density at radius 2 is 1.88 bits per heavy atom. The SMILES string of the molecule is [CH2]C(C)C(C)C#CC. The molecular formula is C8H13. The van der Waals surface area contributed by atoms with Crippen LogP contribution in [-0.4, -0.2) is 0 Å². The van der Waals surface area contributed by atoms with E-state index in [-0.39, 0.29) is 0 Å². The molecule has 2 atom stereocenters. The molecule has 0 fully saturated rings. The highest BCUT2D eigenvalue weighted by Gasteiger charge is 2.00. The van der Waals surface area contributed by atoms with Crippen LogP contribution in [0.4, 0.5) is 0 Å². The molecule has 0 heteroatoms. The molecule has 8 heavy (non-hydrogen) atoms. The zero-order valence-corrected chi connectivity index (χ0v) is 5.86. The summed E-state index contributed by atoms with van der Waals surface area (Å²) in [5, 5.41) is 0. The molecule has 2 unspecified atom stereocenters. The Bertz CT molecular complexity index is 101. The van der Waals surface area contributed by atoms with Crippen LogP contribution in [-0.2, 0) is 0 Å². The number of hydrogen-bond donors (Lipinski definition) is 0. The van der Waals surface area contributed by atoms with Crippen LogP contribution in [0.2, 0.25) is 0 Å². The van der Waals surface area contributed by atoms with Crippen molar-refractivity contribution >= 4 is 0 Å². The van der Waals surface area contributed by atoms with E-state index >= 15 is 0 Å². The summed E-state index contributed by atoms with van der Waals surface area (Å²) in [6, 6.07) is 0. The van der Waals surface area contributed by atoms with Gasteiger partial charge in [-0.1, -0.05) is 13.8 Å². The number of hydrogen-bond acceptors (Lipinski definition) is 0. The summed E-state index contributed by atoms with van der Waals surface area (Å²) in [6.07, 6.45) is 0. The Morgan fingerprint density at radius 1 is 1.38 bits per heavy atom. The highest BCUT2D eigenvalue weighted by Crippen LogP contribution is 2.05. The second kappa shape index (κ2) is 3.55. The van der Waals surface area contributed by atoms with Gasteiger partial charge in [0, 0.05) is 5.92 Å². The Morgan fingerprint density at radius 3 is 2.00 bits per heavy atom. The van der Waals surface area contributed by atoms with Crippen LogP contribution in [0.3, 0.4) is 0 Å². The maximum atomic E-state index is 3.85. The largest absolute Gasteiger partial charge is 0.106 e. The first kappa shape index (κ1) is 7.56. The molecule has 0 aliphatic carbocycles. The van der Waals surface area contributed by atoms with Crippen molar-refractivity contribution in [3.05, 3.63) is 6.92 Å². The molecule has 0 saturated carbocycles. The fourth-order valence-corrected chi connectivity index (χ4v) is 0.370. The van der Waals surface area contributed by atoms with Crippen LogP contribution < -0.4 is 0 Å². The molecule has 0 N–H and O–H groups in total. The van der Waals surface area contributed by atoms with Gasteiger partial charge in [0.25, 0.3) is 0 Å². The maximum absolute atomic E-state index is 3.85. The van der Waals surface area contributed by atoms with Crippen molar-refractivity contribution in [3.8, 4) is 11.8 Å². The van der Waals surface area contributed by atoms with Crippen LogP contribution >= 0.6 is 0 Å². The van der Waals surface area contributed by atoms with E-state index in [0.717, 1.165) is 0 Å². The van der Waals surface area contributed by atoms with E-state index in [1.807, 2.05) is 6.92 Å². The highest BCUT2D eigenvalue weighted by molar-refractivity contribution is 5.01. The minimum Gasteiger partial charge on any atom is -0.106 e. The molecular weight excluding hydrogens is 96.1 g/mol. The van der Waals surface area contributed by atoms with E-state index < -0.39 is 0 Å². The zero-order chi connectivity index (χ0) is 6.57. The van der Waals surface area contributed by atoms with Gasteiger partial charge in [-0.05, 0) is 19.8 Å². The van der Waals surface area contributed by atoms with E-state index in [4.69, 9.17) is 0 Å². The van der Waals surface area contributed by atoms with Crippen LogP contribution in [0.5, 0.6) is 0 Å². The van der Waals surface area contributed by atoms with Gasteiger partial charge < -0.3 is 0 Å². The van der Waals surface area contributed by atoms with Gasteiger partial charge in [-0.25, -0.2) is 0 Å². The summed E-state index contributed by atoms with van der Waals surface area (Å²) in [7, 11) is 0. The third-order valence-corrected chi connectivity index (χ3v) is 1.23. The van der Waals surface area contributed by atoms with Gasteiger partial charge in [0.05, 0.1) is 0 Å². The molecule has 0 aliphatic heterocycles. The van der Waals surface area contributed by atoms with Crippen molar-refractivity contribution in [2.45, 2.75) is 20.8 Å². The predicted octanol–water partition coefficient (Wildman–Crippen LogP) is 2.12. The molecule has 0 saturated heterocycles. The van der Waals surface area contributed by atoms with Crippen LogP contribution in [0.1, 0.15) is 20.8 Å². The molecule has 0 spiro atoms. The van der Waals surface area contributed by atoms with E-state index in [2.05, 4.69) is 32.6 Å². The van der Waals surface area contributed by atoms with Crippen molar-refractivity contribution in [2.75, 3.05) is 0 Å². The topological polar surface area (TPSA) is 0 Å². The average Bonchev–Trinajstić information content (AvgIpc) is 1.67. The van der Waals surface area contributed by atoms with Crippen LogP contribution in [0.15, 0.2) is 0 Å². The second-order valence-corrected chi connectivity index (χ2v) is 2.16. The van der Waals surface area contributed by atoms with E-state index in [1.165, 1.54) is 0 Å². The van der Waals surface area contributed by atoms with Gasteiger partial charge in [-0.2, -0.15) is 0 Å². The molecule has 0 aromatic carbocycles. The summed E-state index contributed by atoms with van der Waals surface area (Å²) in [5.74, 6) is 6.78. The molecule has 0 aromatic heterocycles. The van der Waals surface area contributed by atoms with Crippen molar-refractivity contribution in [1.29, 1.82) is 0 Å². The van der Waals surface area contributed by atoms with Crippen molar-refractivity contribution < 1.29 is 0 Å². The molecule has 0 amide bonds. The lowest BCUT2D eigenvalue weighted by Crippen LogP contribution is -1.99. The standard InChI is InChI=1S/C8H13/c1-5-6-8(4)7(2)3/h7-8H,2H2,1,3-4H3. The fraction of sp³-hybridized carbons (Fsp3) is 0.625. The molecule has 0 rings (SSSR count). The Balaban J connectivity index is 3.58.